The van der Waals surface area contributed by atoms with E-state index < -0.39 is 10.8 Å². The smallest absolute Gasteiger partial charge is 0.270 e. The number of halogens is 1. The van der Waals surface area contributed by atoms with Crippen LogP contribution >= 0.6 is 23.4 Å². The summed E-state index contributed by atoms with van der Waals surface area (Å²) >= 11 is 7.46. The van der Waals surface area contributed by atoms with E-state index in [1.807, 2.05) is 18.4 Å². The van der Waals surface area contributed by atoms with Gasteiger partial charge in [-0.25, -0.2) is 0 Å². The number of benzene rings is 2. The molecule has 2 amide bonds. The Kier molecular flexibility index (Phi) is 6.59. The predicted molar refractivity (Wildman–Crippen MR) is 102 cm³/mol. The highest BCUT2D eigenvalue weighted by atomic mass is 35.5. The van der Waals surface area contributed by atoms with Gasteiger partial charge in [0, 0.05) is 24.1 Å². The van der Waals surface area contributed by atoms with E-state index in [9.17, 15) is 19.7 Å². The molecule has 136 valence electrons. The van der Waals surface area contributed by atoms with Crippen LogP contribution in [-0.4, -0.2) is 41.5 Å². The molecule has 0 saturated carbocycles. The number of non-ortho nitro benzene ring substituents is 1. The molecular formula is C17H16ClN3O4S. The zero-order valence-electron chi connectivity index (χ0n) is 14.1. The topological polar surface area (TPSA) is 92.6 Å². The number of hydrogen-bond donors (Lipinski definition) is 1. The Hall–Kier alpha value is -2.58. The van der Waals surface area contributed by atoms with Gasteiger partial charge in [-0.15, -0.1) is 11.8 Å². The molecular weight excluding hydrogens is 378 g/mol. The van der Waals surface area contributed by atoms with E-state index in [1.54, 1.807) is 12.1 Å². The first-order valence-corrected chi connectivity index (χ1v) is 9.06. The number of likely N-dealkylation sites (N-methyl/N-ethyl adjacent to an activating group) is 1. The number of para-hydroxylation sites is 1. The second-order valence-electron chi connectivity index (χ2n) is 5.33. The Morgan fingerprint density at radius 2 is 1.96 bits per heavy atom. The third kappa shape index (κ3) is 4.74. The van der Waals surface area contributed by atoms with Gasteiger partial charge >= 0.3 is 0 Å². The van der Waals surface area contributed by atoms with Crippen molar-refractivity contribution in [1.82, 2.24) is 4.90 Å². The molecule has 0 aromatic heterocycles. The van der Waals surface area contributed by atoms with Gasteiger partial charge in [0.05, 0.1) is 27.7 Å². The van der Waals surface area contributed by atoms with Crippen molar-refractivity contribution in [2.24, 2.45) is 0 Å². The van der Waals surface area contributed by atoms with Crippen LogP contribution in [-0.2, 0) is 4.79 Å². The zero-order valence-corrected chi connectivity index (χ0v) is 15.6. The van der Waals surface area contributed by atoms with Crippen molar-refractivity contribution < 1.29 is 14.5 Å². The summed E-state index contributed by atoms with van der Waals surface area (Å²) in [6, 6.07) is 10.9. The summed E-state index contributed by atoms with van der Waals surface area (Å²) in [5.74, 6) is -0.862. The lowest BCUT2D eigenvalue weighted by Crippen LogP contribution is -2.35. The van der Waals surface area contributed by atoms with Crippen LogP contribution in [0.15, 0.2) is 47.4 Å². The summed E-state index contributed by atoms with van der Waals surface area (Å²) in [7, 11) is 1.46. The van der Waals surface area contributed by atoms with Gasteiger partial charge in [-0.1, -0.05) is 23.7 Å². The SMILES string of the molecule is CSc1ccccc1NC(=O)CN(C)C(=O)c1ccc([N+](=O)[O-])cc1Cl. The molecule has 0 fully saturated rings. The number of nitro groups is 1. The molecule has 0 bridgehead atoms. The number of rotatable bonds is 6. The molecule has 0 saturated heterocycles. The Labute approximate surface area is 159 Å². The van der Waals surface area contributed by atoms with Gasteiger partial charge in [-0.3, -0.25) is 19.7 Å². The molecule has 2 rings (SSSR count). The van der Waals surface area contributed by atoms with E-state index in [0.29, 0.717) is 5.69 Å². The van der Waals surface area contributed by atoms with Gasteiger partial charge in [0.25, 0.3) is 11.6 Å². The number of nitrogens with one attached hydrogen (secondary N) is 1. The average Bonchev–Trinajstić information content (AvgIpc) is 2.61. The monoisotopic (exact) mass is 393 g/mol. The van der Waals surface area contributed by atoms with E-state index in [-0.39, 0.29) is 28.7 Å². The predicted octanol–water partition coefficient (Wildman–Crippen LogP) is 3.68. The second-order valence-corrected chi connectivity index (χ2v) is 6.59. The number of amides is 2. The van der Waals surface area contributed by atoms with Crippen LogP contribution in [0.4, 0.5) is 11.4 Å². The minimum atomic E-state index is -0.597. The van der Waals surface area contributed by atoms with Gasteiger partial charge in [0.15, 0.2) is 0 Å². The normalized spacial score (nSPS) is 10.3. The third-order valence-electron chi connectivity index (χ3n) is 3.50. The van der Waals surface area contributed by atoms with Gasteiger partial charge in [-0.2, -0.15) is 0 Å². The molecule has 2 aromatic carbocycles. The molecule has 0 aliphatic heterocycles. The van der Waals surface area contributed by atoms with Crippen LogP contribution in [0.25, 0.3) is 0 Å². The summed E-state index contributed by atoms with van der Waals surface area (Å²) in [6.07, 6.45) is 1.90. The second kappa shape index (κ2) is 8.68. The molecule has 2 aromatic rings. The highest BCUT2D eigenvalue weighted by Crippen LogP contribution is 2.25. The van der Waals surface area contributed by atoms with Crippen molar-refractivity contribution in [2.45, 2.75) is 4.90 Å². The summed E-state index contributed by atoms with van der Waals surface area (Å²) in [5, 5.41) is 13.5. The number of nitro benzene ring substituents is 1. The fourth-order valence-corrected chi connectivity index (χ4v) is 3.03. The van der Waals surface area contributed by atoms with Crippen LogP contribution in [0, 0.1) is 10.1 Å². The van der Waals surface area contributed by atoms with Crippen molar-refractivity contribution in [3.05, 3.63) is 63.2 Å². The van der Waals surface area contributed by atoms with Crippen molar-refractivity contribution in [2.75, 3.05) is 25.2 Å². The molecule has 0 spiro atoms. The lowest BCUT2D eigenvalue weighted by Gasteiger charge is -2.18. The summed E-state index contributed by atoms with van der Waals surface area (Å²) in [5.41, 5.74) is 0.553. The Morgan fingerprint density at radius 1 is 1.27 bits per heavy atom. The van der Waals surface area contributed by atoms with Crippen LogP contribution in [0.2, 0.25) is 5.02 Å². The fourth-order valence-electron chi connectivity index (χ4n) is 2.22. The van der Waals surface area contributed by atoms with Crippen LogP contribution < -0.4 is 5.32 Å². The van der Waals surface area contributed by atoms with Crippen LogP contribution in [0.5, 0.6) is 0 Å². The molecule has 7 nitrogen and oxygen atoms in total. The van der Waals surface area contributed by atoms with Gasteiger partial charge in [0.1, 0.15) is 0 Å². The third-order valence-corrected chi connectivity index (χ3v) is 4.61. The summed E-state index contributed by atoms with van der Waals surface area (Å²) in [6.45, 7) is -0.186. The van der Waals surface area contributed by atoms with Crippen molar-refractivity contribution in [1.29, 1.82) is 0 Å². The first kappa shape index (κ1) is 19.7. The van der Waals surface area contributed by atoms with E-state index in [4.69, 9.17) is 11.6 Å². The van der Waals surface area contributed by atoms with E-state index in [1.165, 1.54) is 35.8 Å². The lowest BCUT2D eigenvalue weighted by molar-refractivity contribution is -0.384. The summed E-state index contributed by atoms with van der Waals surface area (Å²) < 4.78 is 0. The molecule has 0 aliphatic carbocycles. The van der Waals surface area contributed by atoms with Gasteiger partial charge < -0.3 is 10.2 Å². The van der Waals surface area contributed by atoms with Crippen LogP contribution in [0.3, 0.4) is 0 Å². The quantitative estimate of drug-likeness (QED) is 0.459. The highest BCUT2D eigenvalue weighted by Gasteiger charge is 2.20. The Morgan fingerprint density at radius 3 is 2.58 bits per heavy atom. The Balaban J connectivity index is 2.07. The zero-order chi connectivity index (χ0) is 19.3. The average molecular weight is 394 g/mol. The lowest BCUT2D eigenvalue weighted by atomic mass is 10.2. The first-order valence-electron chi connectivity index (χ1n) is 7.45. The minimum absolute atomic E-state index is 0.0378. The van der Waals surface area contributed by atoms with Crippen LogP contribution in [0.1, 0.15) is 10.4 Å². The fraction of sp³-hybridized carbons (Fsp3) is 0.176. The number of thioether (sulfide) groups is 1. The van der Waals surface area contributed by atoms with E-state index in [2.05, 4.69) is 5.32 Å². The number of carbonyl (C=O) groups excluding carboxylic acids is 2. The number of carbonyl (C=O) groups is 2. The van der Waals surface area contributed by atoms with Crippen molar-refractivity contribution in [3.63, 3.8) is 0 Å². The largest absolute Gasteiger partial charge is 0.332 e. The molecule has 0 aliphatic rings. The number of nitrogens with zero attached hydrogens (tertiary/aromatic N) is 2. The van der Waals surface area contributed by atoms with Crippen molar-refractivity contribution >= 4 is 46.6 Å². The van der Waals surface area contributed by atoms with Gasteiger partial charge in [-0.05, 0) is 24.5 Å². The molecule has 0 radical (unpaired) electrons. The number of hydrogen-bond acceptors (Lipinski definition) is 5. The summed E-state index contributed by atoms with van der Waals surface area (Å²) in [4.78, 5) is 36.9. The van der Waals surface area contributed by atoms with E-state index in [0.717, 1.165) is 11.0 Å². The van der Waals surface area contributed by atoms with E-state index >= 15 is 0 Å². The first-order chi connectivity index (χ1) is 12.3. The molecule has 9 heteroatoms. The molecule has 0 unspecified atom stereocenters. The minimum Gasteiger partial charge on any atom is -0.332 e. The molecule has 0 atom stereocenters. The maximum absolute atomic E-state index is 12.4. The molecule has 26 heavy (non-hydrogen) atoms. The number of anilines is 1. The molecule has 0 heterocycles. The standard InChI is InChI=1S/C17H16ClN3O4S/c1-20(10-16(22)19-14-5-3-4-6-15(14)26-2)17(23)12-8-7-11(21(24)25)9-13(12)18/h3-9H,10H2,1-2H3,(H,19,22). The highest BCUT2D eigenvalue weighted by molar-refractivity contribution is 7.98. The van der Waals surface area contributed by atoms with Gasteiger partial charge in [0.2, 0.25) is 5.91 Å². The maximum Gasteiger partial charge on any atom is 0.270 e. The Bertz CT molecular complexity index is 860. The molecule has 1 N–H and O–H groups in total. The van der Waals surface area contributed by atoms with Crippen molar-refractivity contribution in [3.8, 4) is 0 Å². The maximum atomic E-state index is 12.4.